The summed E-state index contributed by atoms with van der Waals surface area (Å²) in [6, 6.07) is 3.74. The molecule has 1 rings (SSSR count). The molecule has 0 aliphatic rings. The Morgan fingerprint density at radius 3 is 2.48 bits per heavy atom. The first kappa shape index (κ1) is 17.4. The molecule has 21 heavy (non-hydrogen) atoms. The molecule has 1 aromatic rings. The van der Waals surface area contributed by atoms with Crippen molar-refractivity contribution in [3.05, 3.63) is 34.6 Å². The molecule has 0 bridgehead atoms. The third-order valence-electron chi connectivity index (χ3n) is 3.12. The first-order valence-electron chi connectivity index (χ1n) is 6.69. The van der Waals surface area contributed by atoms with Crippen LogP contribution in [-0.2, 0) is 16.1 Å². The molecule has 0 fully saturated rings. The van der Waals surface area contributed by atoms with Crippen LogP contribution in [0.4, 0.5) is 4.39 Å². The Bertz CT molecular complexity index is 514. The average molecular weight is 315 g/mol. The maximum Gasteiger partial charge on any atom is 0.245 e. The lowest BCUT2D eigenvalue weighted by Gasteiger charge is -2.27. The van der Waals surface area contributed by atoms with E-state index in [1.54, 1.807) is 13.1 Å². The highest BCUT2D eigenvalue weighted by Gasteiger charge is 2.26. The maximum atomic E-state index is 13.8. The van der Waals surface area contributed by atoms with Gasteiger partial charge in [-0.1, -0.05) is 31.5 Å². The Morgan fingerprint density at radius 2 is 2.00 bits per heavy atom. The van der Waals surface area contributed by atoms with E-state index in [-0.39, 0.29) is 34.9 Å². The van der Waals surface area contributed by atoms with Crippen LogP contribution in [0.5, 0.6) is 0 Å². The molecule has 1 atom stereocenters. The summed E-state index contributed by atoms with van der Waals surface area (Å²) in [6.07, 6.45) is 0. The van der Waals surface area contributed by atoms with Crippen LogP contribution in [0.1, 0.15) is 26.3 Å². The third kappa shape index (κ3) is 4.70. The molecule has 0 aliphatic heterocycles. The summed E-state index contributed by atoms with van der Waals surface area (Å²) >= 11 is 5.96. The van der Waals surface area contributed by atoms with Crippen molar-refractivity contribution in [2.45, 2.75) is 33.4 Å². The Labute approximate surface area is 129 Å². The first-order chi connectivity index (χ1) is 9.73. The minimum atomic E-state index is -0.641. The second kappa shape index (κ2) is 7.41. The number of benzene rings is 1. The Balaban J connectivity index is 2.89. The molecule has 4 nitrogen and oxygen atoms in total. The van der Waals surface area contributed by atoms with Gasteiger partial charge in [0.2, 0.25) is 11.8 Å². The van der Waals surface area contributed by atoms with Crippen molar-refractivity contribution in [2.75, 3.05) is 7.05 Å². The minimum Gasteiger partial charge on any atom is -0.344 e. The zero-order valence-corrected chi connectivity index (χ0v) is 13.4. The molecule has 1 aromatic carbocycles. The van der Waals surface area contributed by atoms with Crippen LogP contribution in [0.15, 0.2) is 18.2 Å². The summed E-state index contributed by atoms with van der Waals surface area (Å²) in [4.78, 5) is 24.9. The largest absolute Gasteiger partial charge is 0.344 e. The van der Waals surface area contributed by atoms with Crippen molar-refractivity contribution in [1.29, 1.82) is 0 Å². The quantitative estimate of drug-likeness (QED) is 0.908. The molecule has 0 radical (unpaired) electrons. The van der Waals surface area contributed by atoms with Crippen LogP contribution < -0.4 is 5.32 Å². The number of hydrogen-bond donors (Lipinski definition) is 1. The number of carbonyl (C=O) groups is 2. The topological polar surface area (TPSA) is 49.4 Å². The fourth-order valence-corrected chi connectivity index (χ4v) is 2.19. The maximum absolute atomic E-state index is 13.8. The molecule has 0 spiro atoms. The number of halogens is 2. The SMILES string of the molecule is CC(=O)N[C@@H](C(=O)N(C)Cc1c(F)cccc1Cl)C(C)C. The third-order valence-corrected chi connectivity index (χ3v) is 3.48. The molecule has 2 amide bonds. The molecule has 0 heterocycles. The Morgan fingerprint density at radius 1 is 1.38 bits per heavy atom. The van der Waals surface area contributed by atoms with Crippen molar-refractivity contribution in [1.82, 2.24) is 10.2 Å². The number of rotatable bonds is 5. The van der Waals surface area contributed by atoms with Crippen molar-refractivity contribution in [3.63, 3.8) is 0 Å². The molecule has 0 aliphatic carbocycles. The van der Waals surface area contributed by atoms with Crippen LogP contribution in [-0.4, -0.2) is 29.8 Å². The van der Waals surface area contributed by atoms with Gasteiger partial charge in [-0.15, -0.1) is 0 Å². The standard InChI is InChI=1S/C15H20ClFN2O2/c1-9(2)14(18-10(3)20)15(21)19(4)8-11-12(16)6-5-7-13(11)17/h5-7,9,14H,8H2,1-4H3,(H,18,20)/t14-/m1/s1. The number of nitrogens with zero attached hydrogens (tertiary/aromatic N) is 1. The lowest BCUT2D eigenvalue weighted by molar-refractivity contribution is -0.136. The molecular weight excluding hydrogens is 295 g/mol. The van der Waals surface area contributed by atoms with Gasteiger partial charge in [0.1, 0.15) is 11.9 Å². The van der Waals surface area contributed by atoms with Crippen LogP contribution >= 0.6 is 11.6 Å². The van der Waals surface area contributed by atoms with E-state index in [9.17, 15) is 14.0 Å². The zero-order chi connectivity index (χ0) is 16.2. The highest BCUT2D eigenvalue weighted by Crippen LogP contribution is 2.21. The van der Waals surface area contributed by atoms with Crippen molar-refractivity contribution in [3.8, 4) is 0 Å². The second-order valence-electron chi connectivity index (χ2n) is 5.32. The van der Waals surface area contributed by atoms with Gasteiger partial charge in [-0.2, -0.15) is 0 Å². The molecule has 0 unspecified atom stereocenters. The van der Waals surface area contributed by atoms with Gasteiger partial charge in [0, 0.05) is 31.1 Å². The van der Waals surface area contributed by atoms with E-state index in [0.717, 1.165) is 0 Å². The predicted molar refractivity (Wildman–Crippen MR) is 80.3 cm³/mol. The van der Waals surface area contributed by atoms with Gasteiger partial charge in [-0.3, -0.25) is 9.59 Å². The van der Waals surface area contributed by atoms with Gasteiger partial charge < -0.3 is 10.2 Å². The van der Waals surface area contributed by atoms with Crippen LogP contribution in [0.25, 0.3) is 0 Å². The Hall–Kier alpha value is -1.62. The fraction of sp³-hybridized carbons (Fsp3) is 0.467. The van der Waals surface area contributed by atoms with Crippen molar-refractivity contribution >= 4 is 23.4 Å². The van der Waals surface area contributed by atoms with Gasteiger partial charge in [-0.25, -0.2) is 4.39 Å². The van der Waals surface area contributed by atoms with Crippen molar-refractivity contribution in [2.24, 2.45) is 5.92 Å². The molecule has 6 heteroatoms. The summed E-state index contributed by atoms with van der Waals surface area (Å²) in [5, 5.41) is 2.89. The zero-order valence-electron chi connectivity index (χ0n) is 12.6. The summed E-state index contributed by atoms with van der Waals surface area (Å²) in [5.41, 5.74) is 0.264. The number of carbonyl (C=O) groups excluding carboxylic acids is 2. The lowest BCUT2D eigenvalue weighted by Crippen LogP contribution is -2.49. The molecule has 0 saturated heterocycles. The smallest absolute Gasteiger partial charge is 0.245 e. The van der Waals surface area contributed by atoms with E-state index in [0.29, 0.717) is 0 Å². The summed E-state index contributed by atoms with van der Waals surface area (Å²) in [7, 11) is 1.56. The number of hydrogen-bond acceptors (Lipinski definition) is 2. The summed E-state index contributed by atoms with van der Waals surface area (Å²) < 4.78 is 13.8. The normalized spacial score (nSPS) is 12.1. The molecule has 0 aromatic heterocycles. The second-order valence-corrected chi connectivity index (χ2v) is 5.72. The molecular formula is C15H20ClFN2O2. The first-order valence-corrected chi connectivity index (χ1v) is 7.06. The summed E-state index contributed by atoms with van der Waals surface area (Å²) in [6.45, 7) is 5.08. The highest BCUT2D eigenvalue weighted by molar-refractivity contribution is 6.31. The van der Waals surface area contributed by atoms with E-state index in [2.05, 4.69) is 5.32 Å². The highest BCUT2D eigenvalue weighted by atomic mass is 35.5. The number of likely N-dealkylation sites (N-methyl/N-ethyl adjacent to an activating group) is 1. The number of amides is 2. The van der Waals surface area contributed by atoms with Crippen LogP contribution in [0, 0.1) is 11.7 Å². The van der Waals surface area contributed by atoms with Crippen LogP contribution in [0.2, 0.25) is 5.02 Å². The minimum absolute atomic E-state index is 0.0488. The van der Waals surface area contributed by atoms with Gasteiger partial charge in [0.05, 0.1) is 0 Å². The molecule has 1 N–H and O–H groups in total. The van der Waals surface area contributed by atoms with Crippen molar-refractivity contribution < 1.29 is 14.0 Å². The van der Waals surface area contributed by atoms with Gasteiger partial charge in [0.25, 0.3) is 0 Å². The molecule has 0 saturated carbocycles. The molecule has 116 valence electrons. The Kier molecular flexibility index (Phi) is 6.15. The lowest BCUT2D eigenvalue weighted by atomic mass is 10.0. The fourth-order valence-electron chi connectivity index (χ4n) is 1.97. The summed E-state index contributed by atoms with van der Waals surface area (Å²) in [5.74, 6) is -1.08. The van der Waals surface area contributed by atoms with Gasteiger partial charge >= 0.3 is 0 Å². The van der Waals surface area contributed by atoms with Crippen LogP contribution in [0.3, 0.4) is 0 Å². The van der Waals surface area contributed by atoms with Gasteiger partial charge in [-0.05, 0) is 18.1 Å². The van der Waals surface area contributed by atoms with E-state index in [4.69, 9.17) is 11.6 Å². The monoisotopic (exact) mass is 314 g/mol. The predicted octanol–water partition coefficient (Wildman–Crippen LogP) is 2.60. The van der Waals surface area contributed by atoms with E-state index in [1.807, 2.05) is 13.8 Å². The van der Waals surface area contributed by atoms with E-state index in [1.165, 1.54) is 24.0 Å². The van der Waals surface area contributed by atoms with E-state index < -0.39 is 11.9 Å². The van der Waals surface area contributed by atoms with E-state index >= 15 is 0 Å². The van der Waals surface area contributed by atoms with Gasteiger partial charge in [0.15, 0.2) is 0 Å². The number of nitrogens with one attached hydrogen (secondary N) is 1. The average Bonchev–Trinajstić information content (AvgIpc) is 2.39.